The van der Waals surface area contributed by atoms with Gasteiger partial charge in [-0.1, -0.05) is 0 Å². The van der Waals surface area contributed by atoms with Gasteiger partial charge in [0.05, 0.1) is 11.0 Å². The number of hydrogen-bond donors (Lipinski definition) is 1. The molecule has 0 aliphatic carbocycles. The first-order valence-electron chi connectivity index (χ1n) is 5.48. The van der Waals surface area contributed by atoms with Crippen molar-refractivity contribution >= 4 is 5.69 Å². The third-order valence-electron chi connectivity index (χ3n) is 2.64. The second kappa shape index (κ2) is 4.92. The average Bonchev–Trinajstić information content (AvgIpc) is 2.87. The summed E-state index contributed by atoms with van der Waals surface area (Å²) in [4.78, 5) is 14.3. The third kappa shape index (κ3) is 2.35. The van der Waals surface area contributed by atoms with E-state index in [4.69, 9.17) is 5.73 Å². The van der Waals surface area contributed by atoms with Crippen LogP contribution >= 0.6 is 0 Å². The second-order valence-corrected chi connectivity index (χ2v) is 3.94. The lowest BCUT2D eigenvalue weighted by Gasteiger charge is -2.06. The molecule has 2 aromatic rings. The molecule has 0 fully saturated rings. The van der Waals surface area contributed by atoms with Crippen LogP contribution in [0, 0.1) is 10.1 Å². The Morgan fingerprint density at radius 1 is 1.44 bits per heavy atom. The van der Waals surface area contributed by atoms with Crippen LogP contribution in [0.3, 0.4) is 0 Å². The van der Waals surface area contributed by atoms with Gasteiger partial charge >= 0.3 is 0 Å². The lowest BCUT2D eigenvalue weighted by Crippen LogP contribution is -2.16. The molecule has 0 saturated carbocycles. The number of rotatable bonds is 4. The van der Waals surface area contributed by atoms with E-state index in [1.807, 2.05) is 6.92 Å². The lowest BCUT2D eigenvalue weighted by molar-refractivity contribution is -0.384. The molecule has 0 bridgehead atoms. The van der Waals surface area contributed by atoms with Crippen molar-refractivity contribution < 1.29 is 4.92 Å². The molecule has 0 aliphatic rings. The van der Waals surface area contributed by atoms with E-state index in [2.05, 4.69) is 10.1 Å². The molecular weight excluding hydrogens is 234 g/mol. The Bertz CT molecular complexity index is 549. The van der Waals surface area contributed by atoms with Gasteiger partial charge in [0.1, 0.15) is 6.33 Å². The topological polar surface area (TPSA) is 99.9 Å². The highest BCUT2D eigenvalue weighted by Crippen LogP contribution is 2.19. The quantitative estimate of drug-likeness (QED) is 0.649. The van der Waals surface area contributed by atoms with Gasteiger partial charge in [0.25, 0.3) is 5.69 Å². The number of nitro benzene ring substituents is 1. The molecule has 0 spiro atoms. The van der Waals surface area contributed by atoms with Crippen LogP contribution in [0.2, 0.25) is 0 Å². The molecule has 0 aliphatic heterocycles. The zero-order chi connectivity index (χ0) is 13.1. The molecule has 1 aromatic heterocycles. The summed E-state index contributed by atoms with van der Waals surface area (Å²) in [5.41, 5.74) is 6.33. The maximum absolute atomic E-state index is 10.5. The summed E-state index contributed by atoms with van der Waals surface area (Å²) in [5.74, 6) is 0.533. The number of benzene rings is 1. The van der Waals surface area contributed by atoms with E-state index in [1.165, 1.54) is 12.1 Å². The Labute approximate surface area is 103 Å². The molecule has 1 aromatic carbocycles. The maximum atomic E-state index is 10.5. The molecule has 1 unspecified atom stereocenters. The van der Waals surface area contributed by atoms with Crippen LogP contribution in [0.15, 0.2) is 30.6 Å². The summed E-state index contributed by atoms with van der Waals surface area (Å²) in [6.45, 7) is 2.41. The fraction of sp³-hybridized carbons (Fsp3) is 0.273. The van der Waals surface area contributed by atoms with E-state index in [0.717, 1.165) is 5.56 Å². The van der Waals surface area contributed by atoms with Crippen LogP contribution in [-0.4, -0.2) is 26.2 Å². The van der Waals surface area contributed by atoms with E-state index in [-0.39, 0.29) is 11.7 Å². The van der Waals surface area contributed by atoms with Crippen molar-refractivity contribution in [3.63, 3.8) is 0 Å². The molecule has 1 heterocycles. The molecule has 2 rings (SSSR count). The molecule has 0 saturated heterocycles. The average molecular weight is 247 g/mol. The Balaban J connectivity index is 2.26. The summed E-state index contributed by atoms with van der Waals surface area (Å²) in [6, 6.07) is 6.20. The van der Waals surface area contributed by atoms with Crippen LogP contribution in [0.4, 0.5) is 5.69 Å². The van der Waals surface area contributed by atoms with Crippen LogP contribution in [0.1, 0.15) is 13.0 Å². The largest absolute Gasteiger partial charge is 0.328 e. The number of nitrogens with two attached hydrogens (primary N) is 1. The number of hydrogen-bond acceptors (Lipinski definition) is 5. The Morgan fingerprint density at radius 3 is 2.67 bits per heavy atom. The van der Waals surface area contributed by atoms with E-state index in [9.17, 15) is 10.1 Å². The fourth-order valence-electron chi connectivity index (χ4n) is 1.46. The Kier molecular flexibility index (Phi) is 3.33. The summed E-state index contributed by atoms with van der Waals surface area (Å²) in [6.07, 6.45) is 1.61. The van der Waals surface area contributed by atoms with Crippen molar-refractivity contribution in [3.8, 4) is 11.4 Å². The zero-order valence-electron chi connectivity index (χ0n) is 9.85. The molecule has 7 nitrogen and oxygen atoms in total. The predicted octanol–water partition coefficient (Wildman–Crippen LogP) is 1.37. The van der Waals surface area contributed by atoms with Gasteiger partial charge in [0, 0.05) is 24.2 Å². The molecule has 1 atom stereocenters. The van der Waals surface area contributed by atoms with E-state index < -0.39 is 4.92 Å². The first-order valence-corrected chi connectivity index (χ1v) is 5.48. The van der Waals surface area contributed by atoms with Gasteiger partial charge in [0.15, 0.2) is 5.82 Å². The van der Waals surface area contributed by atoms with Crippen molar-refractivity contribution in [3.05, 3.63) is 40.7 Å². The van der Waals surface area contributed by atoms with Gasteiger partial charge in [-0.25, -0.2) is 9.67 Å². The maximum Gasteiger partial charge on any atom is 0.269 e. The standard InChI is InChI=1S/C11H13N5O2/c1-8(6-12)15-7-13-11(14-15)9-2-4-10(5-3-9)16(17)18/h2-5,7-8H,6,12H2,1H3. The molecule has 94 valence electrons. The van der Waals surface area contributed by atoms with Gasteiger partial charge in [-0.3, -0.25) is 10.1 Å². The normalized spacial score (nSPS) is 12.3. The van der Waals surface area contributed by atoms with Gasteiger partial charge in [-0.05, 0) is 19.1 Å². The van der Waals surface area contributed by atoms with Gasteiger partial charge in [-0.15, -0.1) is 0 Å². The SMILES string of the molecule is CC(CN)n1cnc(-c2ccc([N+](=O)[O-])cc2)n1. The molecule has 18 heavy (non-hydrogen) atoms. The van der Waals surface area contributed by atoms with Crippen LogP contribution < -0.4 is 5.73 Å². The molecule has 0 radical (unpaired) electrons. The highest BCUT2D eigenvalue weighted by atomic mass is 16.6. The highest BCUT2D eigenvalue weighted by molar-refractivity contribution is 5.56. The molecular formula is C11H13N5O2. The van der Waals surface area contributed by atoms with Crippen molar-refractivity contribution in [2.45, 2.75) is 13.0 Å². The molecule has 0 amide bonds. The predicted molar refractivity (Wildman–Crippen MR) is 65.9 cm³/mol. The lowest BCUT2D eigenvalue weighted by atomic mass is 10.2. The Morgan fingerprint density at radius 2 is 2.11 bits per heavy atom. The first kappa shape index (κ1) is 12.2. The minimum Gasteiger partial charge on any atom is -0.328 e. The fourth-order valence-corrected chi connectivity index (χ4v) is 1.46. The van der Waals surface area contributed by atoms with Crippen molar-refractivity contribution in [1.29, 1.82) is 0 Å². The highest BCUT2D eigenvalue weighted by Gasteiger charge is 2.10. The summed E-state index contributed by atoms with van der Waals surface area (Å²) in [7, 11) is 0. The minimum absolute atomic E-state index is 0.0495. The van der Waals surface area contributed by atoms with Crippen molar-refractivity contribution in [2.75, 3.05) is 6.54 Å². The molecule has 7 heteroatoms. The van der Waals surface area contributed by atoms with Gasteiger partial charge in [0.2, 0.25) is 0 Å². The smallest absolute Gasteiger partial charge is 0.269 e. The monoisotopic (exact) mass is 247 g/mol. The number of nitro groups is 1. The van der Waals surface area contributed by atoms with E-state index in [1.54, 1.807) is 23.1 Å². The first-order chi connectivity index (χ1) is 8.61. The van der Waals surface area contributed by atoms with Crippen LogP contribution in [-0.2, 0) is 0 Å². The number of non-ortho nitro benzene ring substituents is 1. The number of aromatic nitrogens is 3. The summed E-state index contributed by atoms with van der Waals surface area (Å²) in [5, 5.41) is 14.8. The third-order valence-corrected chi connectivity index (χ3v) is 2.64. The van der Waals surface area contributed by atoms with Gasteiger partial charge in [-0.2, -0.15) is 5.10 Å². The number of nitrogens with zero attached hydrogens (tertiary/aromatic N) is 4. The van der Waals surface area contributed by atoms with Crippen LogP contribution in [0.5, 0.6) is 0 Å². The minimum atomic E-state index is -0.438. The Hall–Kier alpha value is -2.28. The van der Waals surface area contributed by atoms with Gasteiger partial charge < -0.3 is 5.73 Å². The summed E-state index contributed by atoms with van der Waals surface area (Å²) < 4.78 is 1.68. The van der Waals surface area contributed by atoms with Crippen molar-refractivity contribution in [1.82, 2.24) is 14.8 Å². The van der Waals surface area contributed by atoms with E-state index >= 15 is 0 Å². The van der Waals surface area contributed by atoms with E-state index in [0.29, 0.717) is 12.4 Å². The molecule has 2 N–H and O–H groups in total. The van der Waals surface area contributed by atoms with Crippen molar-refractivity contribution in [2.24, 2.45) is 5.73 Å². The second-order valence-electron chi connectivity index (χ2n) is 3.94. The van der Waals surface area contributed by atoms with Crippen LogP contribution in [0.25, 0.3) is 11.4 Å². The zero-order valence-corrected chi connectivity index (χ0v) is 9.85. The summed E-state index contributed by atoms with van der Waals surface area (Å²) >= 11 is 0.